The highest BCUT2D eigenvalue weighted by molar-refractivity contribution is 7.99. The van der Waals surface area contributed by atoms with Crippen LogP contribution in [0, 0.1) is 10.1 Å². The molecule has 4 aromatic rings. The zero-order valence-corrected chi connectivity index (χ0v) is 18.0. The van der Waals surface area contributed by atoms with Crippen molar-refractivity contribution in [2.45, 2.75) is 5.16 Å². The van der Waals surface area contributed by atoms with E-state index in [2.05, 4.69) is 20.5 Å². The van der Waals surface area contributed by atoms with Gasteiger partial charge < -0.3 is 5.32 Å². The van der Waals surface area contributed by atoms with E-state index >= 15 is 0 Å². The number of benzene rings is 2. The van der Waals surface area contributed by atoms with Crippen LogP contribution in [-0.2, 0) is 4.79 Å². The summed E-state index contributed by atoms with van der Waals surface area (Å²) in [6.45, 7) is 0. The molecular weight excluding hydrogens is 452 g/mol. The maximum absolute atomic E-state index is 12.5. The Morgan fingerprint density at radius 3 is 2.50 bits per heavy atom. The van der Waals surface area contributed by atoms with Gasteiger partial charge in [0.1, 0.15) is 5.69 Å². The fourth-order valence-electron chi connectivity index (χ4n) is 2.93. The number of thioether (sulfide) groups is 1. The molecular formula is C21H15ClN6O3S. The van der Waals surface area contributed by atoms with Gasteiger partial charge in [0.2, 0.25) is 5.91 Å². The number of hydrogen-bond acceptors (Lipinski definition) is 7. The molecule has 160 valence electrons. The summed E-state index contributed by atoms with van der Waals surface area (Å²) in [7, 11) is 0. The molecule has 0 aliphatic rings. The summed E-state index contributed by atoms with van der Waals surface area (Å²) >= 11 is 7.19. The number of halogens is 1. The first-order valence-electron chi connectivity index (χ1n) is 9.31. The second-order valence-corrected chi connectivity index (χ2v) is 7.84. The topological polar surface area (TPSA) is 116 Å². The predicted octanol–water partition coefficient (Wildman–Crippen LogP) is 4.62. The average Bonchev–Trinajstić information content (AvgIpc) is 3.23. The SMILES string of the molecule is O=C(CSc1nnc(-c2ccncc2)n1-c1ccc(Cl)cc1)Nc1ccccc1[N+](=O)[O-]. The van der Waals surface area contributed by atoms with E-state index in [1.54, 1.807) is 30.6 Å². The van der Waals surface area contributed by atoms with Crippen LogP contribution in [0.15, 0.2) is 78.2 Å². The van der Waals surface area contributed by atoms with Gasteiger partial charge in [0.25, 0.3) is 5.69 Å². The van der Waals surface area contributed by atoms with E-state index in [0.717, 1.165) is 23.0 Å². The van der Waals surface area contributed by atoms with Crippen molar-refractivity contribution in [3.63, 3.8) is 0 Å². The molecule has 11 heteroatoms. The van der Waals surface area contributed by atoms with Gasteiger partial charge in [-0.3, -0.25) is 24.5 Å². The number of carbonyl (C=O) groups is 1. The third-order valence-corrected chi connectivity index (χ3v) is 5.54. The van der Waals surface area contributed by atoms with Crippen molar-refractivity contribution >= 4 is 40.6 Å². The van der Waals surface area contributed by atoms with E-state index in [-0.39, 0.29) is 17.1 Å². The van der Waals surface area contributed by atoms with Crippen molar-refractivity contribution in [3.8, 4) is 17.1 Å². The number of pyridine rings is 1. The number of nitrogens with one attached hydrogen (secondary N) is 1. The van der Waals surface area contributed by atoms with Crippen LogP contribution in [0.2, 0.25) is 5.02 Å². The summed E-state index contributed by atoms with van der Waals surface area (Å²) in [6, 6.07) is 16.8. The first-order chi connectivity index (χ1) is 15.5. The standard InChI is InChI=1S/C21H15ClN6O3S/c22-15-5-7-16(8-6-15)27-20(14-9-11-23-12-10-14)25-26-21(27)32-13-19(29)24-17-3-1-2-4-18(17)28(30)31/h1-12H,13H2,(H,24,29). The summed E-state index contributed by atoms with van der Waals surface area (Å²) in [6.07, 6.45) is 3.31. The Labute approximate surface area is 191 Å². The molecule has 4 rings (SSSR count). The van der Waals surface area contributed by atoms with Gasteiger partial charge >= 0.3 is 0 Å². The summed E-state index contributed by atoms with van der Waals surface area (Å²) in [4.78, 5) is 27.1. The van der Waals surface area contributed by atoms with Gasteiger partial charge in [-0.2, -0.15) is 0 Å². The summed E-state index contributed by atoms with van der Waals surface area (Å²) in [5, 5.41) is 23.4. The Bertz CT molecular complexity index is 1260. The number of nitrogens with zero attached hydrogens (tertiary/aromatic N) is 5. The van der Waals surface area contributed by atoms with Crippen LogP contribution in [0.4, 0.5) is 11.4 Å². The molecule has 0 unspecified atom stereocenters. The summed E-state index contributed by atoms with van der Waals surface area (Å²) in [5.41, 5.74) is 1.54. The Morgan fingerprint density at radius 2 is 1.78 bits per heavy atom. The Balaban J connectivity index is 1.59. The second kappa shape index (κ2) is 9.58. The highest BCUT2D eigenvalue weighted by Gasteiger charge is 2.19. The van der Waals surface area contributed by atoms with Gasteiger partial charge in [0.05, 0.1) is 10.7 Å². The number of nitro benzene ring substituents is 1. The molecule has 0 spiro atoms. The highest BCUT2D eigenvalue weighted by atomic mass is 35.5. The molecule has 0 radical (unpaired) electrons. The molecule has 32 heavy (non-hydrogen) atoms. The number of amides is 1. The number of hydrogen-bond donors (Lipinski definition) is 1. The minimum absolute atomic E-state index is 0.0197. The van der Waals surface area contributed by atoms with Crippen molar-refractivity contribution < 1.29 is 9.72 Å². The number of carbonyl (C=O) groups excluding carboxylic acids is 1. The smallest absolute Gasteiger partial charge is 0.292 e. The number of anilines is 1. The van der Waals surface area contributed by atoms with E-state index < -0.39 is 10.8 Å². The largest absolute Gasteiger partial charge is 0.320 e. The number of rotatable bonds is 7. The lowest BCUT2D eigenvalue weighted by Crippen LogP contribution is -2.15. The average molecular weight is 467 g/mol. The Kier molecular flexibility index (Phi) is 6.43. The van der Waals surface area contributed by atoms with E-state index in [9.17, 15) is 14.9 Å². The summed E-state index contributed by atoms with van der Waals surface area (Å²) in [5.74, 6) is 0.158. The van der Waals surface area contributed by atoms with Gasteiger partial charge in [-0.05, 0) is 42.5 Å². The third kappa shape index (κ3) is 4.76. The van der Waals surface area contributed by atoms with E-state index in [4.69, 9.17) is 11.6 Å². The fourth-order valence-corrected chi connectivity index (χ4v) is 3.81. The molecule has 9 nitrogen and oxygen atoms in total. The van der Waals surface area contributed by atoms with Gasteiger partial charge in [-0.1, -0.05) is 35.5 Å². The summed E-state index contributed by atoms with van der Waals surface area (Å²) < 4.78 is 1.81. The molecule has 2 aromatic heterocycles. The molecule has 2 aromatic carbocycles. The molecule has 0 fully saturated rings. The molecule has 0 atom stereocenters. The lowest BCUT2D eigenvalue weighted by Gasteiger charge is -2.10. The van der Waals surface area contributed by atoms with Crippen LogP contribution < -0.4 is 5.32 Å². The van der Waals surface area contributed by atoms with E-state index in [1.165, 1.54) is 18.2 Å². The molecule has 0 aliphatic heterocycles. The maximum Gasteiger partial charge on any atom is 0.292 e. The van der Waals surface area contributed by atoms with Crippen LogP contribution in [0.1, 0.15) is 0 Å². The molecule has 0 aliphatic carbocycles. The molecule has 0 saturated heterocycles. The second-order valence-electron chi connectivity index (χ2n) is 6.47. The van der Waals surface area contributed by atoms with Crippen LogP contribution in [0.5, 0.6) is 0 Å². The van der Waals surface area contributed by atoms with Crippen LogP contribution in [-0.4, -0.2) is 36.3 Å². The molecule has 2 heterocycles. The quantitative estimate of drug-likeness (QED) is 0.240. The van der Waals surface area contributed by atoms with Crippen LogP contribution in [0.25, 0.3) is 17.1 Å². The van der Waals surface area contributed by atoms with Crippen LogP contribution in [0.3, 0.4) is 0 Å². The van der Waals surface area contributed by atoms with Gasteiger partial charge in [-0.25, -0.2) is 0 Å². The predicted molar refractivity (Wildman–Crippen MR) is 122 cm³/mol. The van der Waals surface area contributed by atoms with Gasteiger partial charge in [0, 0.05) is 34.7 Å². The monoisotopic (exact) mass is 466 g/mol. The number of nitro groups is 1. The Hall–Kier alpha value is -3.76. The Morgan fingerprint density at radius 1 is 1.06 bits per heavy atom. The van der Waals surface area contributed by atoms with Crippen molar-refractivity contribution in [2.75, 3.05) is 11.1 Å². The zero-order chi connectivity index (χ0) is 22.5. The number of aromatic nitrogens is 4. The maximum atomic E-state index is 12.5. The van der Waals surface area contributed by atoms with Crippen molar-refractivity contribution in [1.82, 2.24) is 19.7 Å². The van der Waals surface area contributed by atoms with Crippen molar-refractivity contribution in [3.05, 3.63) is 88.2 Å². The molecule has 0 saturated carbocycles. The first-order valence-corrected chi connectivity index (χ1v) is 10.7. The first kappa shape index (κ1) is 21.5. The fraction of sp³-hybridized carbons (Fsp3) is 0.0476. The lowest BCUT2D eigenvalue weighted by atomic mass is 10.2. The van der Waals surface area contributed by atoms with E-state index in [1.807, 2.05) is 28.8 Å². The third-order valence-electron chi connectivity index (χ3n) is 4.36. The lowest BCUT2D eigenvalue weighted by molar-refractivity contribution is -0.383. The highest BCUT2D eigenvalue weighted by Crippen LogP contribution is 2.29. The zero-order valence-electron chi connectivity index (χ0n) is 16.4. The minimum Gasteiger partial charge on any atom is -0.320 e. The van der Waals surface area contributed by atoms with E-state index in [0.29, 0.717) is 16.0 Å². The van der Waals surface area contributed by atoms with Crippen LogP contribution >= 0.6 is 23.4 Å². The minimum atomic E-state index is -0.541. The normalized spacial score (nSPS) is 10.7. The van der Waals surface area contributed by atoms with Crippen molar-refractivity contribution in [1.29, 1.82) is 0 Å². The van der Waals surface area contributed by atoms with Gasteiger partial charge in [0.15, 0.2) is 11.0 Å². The number of para-hydroxylation sites is 2. The molecule has 1 N–H and O–H groups in total. The molecule has 1 amide bonds. The molecule has 0 bridgehead atoms. The van der Waals surface area contributed by atoms with Crippen molar-refractivity contribution in [2.24, 2.45) is 0 Å². The van der Waals surface area contributed by atoms with Gasteiger partial charge in [-0.15, -0.1) is 10.2 Å².